The maximum absolute atomic E-state index is 13.0. The molecule has 0 bridgehead atoms. The molecule has 8 heteroatoms. The van der Waals surface area contributed by atoms with Crippen LogP contribution in [-0.2, 0) is 22.4 Å². The molecule has 0 aliphatic carbocycles. The maximum atomic E-state index is 13.0. The fraction of sp³-hybridized carbons (Fsp3) is 0.206. The standard InChI is InChI=1S/C34H34N2O6/c1-41-28-11-7-8-24(22-28)16-19-32(37)35-20-21-42-27-17-14-25(15-18-27)23-31(34(39)40)36-30-13-6-5-12-29(30)33(38)26-9-3-2-4-10-26/h2-15,17-18,22,31,36H,16,19-21,23H2,1H3,(H,35,37)(H,39,40)/t31-/m0/s1. The summed E-state index contributed by atoms with van der Waals surface area (Å²) in [4.78, 5) is 37.3. The van der Waals surface area contributed by atoms with Gasteiger partial charge in [0.25, 0.3) is 0 Å². The number of benzene rings is 4. The average molecular weight is 567 g/mol. The molecule has 0 fully saturated rings. The first-order valence-corrected chi connectivity index (χ1v) is 13.7. The van der Waals surface area contributed by atoms with Gasteiger partial charge in [-0.05, 0) is 53.9 Å². The van der Waals surface area contributed by atoms with Crippen LogP contribution in [0.5, 0.6) is 11.5 Å². The summed E-state index contributed by atoms with van der Waals surface area (Å²) in [5, 5.41) is 15.8. The summed E-state index contributed by atoms with van der Waals surface area (Å²) < 4.78 is 10.9. The van der Waals surface area contributed by atoms with Crippen LogP contribution in [0.25, 0.3) is 0 Å². The molecular formula is C34H34N2O6. The van der Waals surface area contributed by atoms with Crippen molar-refractivity contribution in [2.24, 2.45) is 0 Å². The van der Waals surface area contributed by atoms with Gasteiger partial charge in [-0.1, -0.05) is 66.7 Å². The Balaban J connectivity index is 1.25. The van der Waals surface area contributed by atoms with E-state index in [2.05, 4.69) is 10.6 Å². The molecule has 0 saturated heterocycles. The van der Waals surface area contributed by atoms with Crippen LogP contribution in [-0.4, -0.2) is 49.1 Å². The molecule has 0 saturated carbocycles. The van der Waals surface area contributed by atoms with Crippen molar-refractivity contribution in [2.45, 2.75) is 25.3 Å². The molecule has 0 aliphatic rings. The number of carboxylic acid groups (broad SMARTS) is 1. The van der Waals surface area contributed by atoms with Gasteiger partial charge in [-0.15, -0.1) is 0 Å². The average Bonchev–Trinajstić information content (AvgIpc) is 3.03. The first kappa shape index (κ1) is 29.9. The minimum Gasteiger partial charge on any atom is -0.497 e. The molecule has 4 aromatic rings. The third-order valence-electron chi connectivity index (χ3n) is 6.67. The number of carbonyl (C=O) groups is 3. The van der Waals surface area contributed by atoms with Gasteiger partial charge < -0.3 is 25.2 Å². The van der Waals surface area contributed by atoms with Crippen molar-refractivity contribution < 1.29 is 29.0 Å². The molecule has 1 amide bonds. The predicted molar refractivity (Wildman–Crippen MR) is 161 cm³/mol. The van der Waals surface area contributed by atoms with Gasteiger partial charge in [0.2, 0.25) is 5.91 Å². The van der Waals surface area contributed by atoms with Gasteiger partial charge in [0.1, 0.15) is 24.1 Å². The summed E-state index contributed by atoms with van der Waals surface area (Å²) in [7, 11) is 1.61. The Labute approximate surface area is 245 Å². The molecule has 8 nitrogen and oxygen atoms in total. The van der Waals surface area contributed by atoms with Gasteiger partial charge in [-0.25, -0.2) is 4.79 Å². The predicted octanol–water partition coefficient (Wildman–Crippen LogP) is 5.16. The molecule has 0 aliphatic heterocycles. The summed E-state index contributed by atoms with van der Waals surface area (Å²) in [5.41, 5.74) is 3.23. The molecule has 0 aromatic heterocycles. The van der Waals surface area contributed by atoms with Crippen molar-refractivity contribution in [3.05, 3.63) is 125 Å². The SMILES string of the molecule is COc1cccc(CCC(=O)NCCOc2ccc(C[C@H](Nc3ccccc3C(=O)c3ccccc3)C(=O)O)cc2)c1. The minimum atomic E-state index is -1.03. The highest BCUT2D eigenvalue weighted by atomic mass is 16.5. The summed E-state index contributed by atoms with van der Waals surface area (Å²) >= 11 is 0. The van der Waals surface area contributed by atoms with E-state index in [0.717, 1.165) is 16.9 Å². The van der Waals surface area contributed by atoms with Crippen molar-refractivity contribution in [1.82, 2.24) is 5.32 Å². The molecule has 0 spiro atoms. The number of hydrogen-bond acceptors (Lipinski definition) is 6. The second-order valence-electron chi connectivity index (χ2n) is 9.67. The van der Waals surface area contributed by atoms with Crippen LogP contribution in [0.4, 0.5) is 5.69 Å². The zero-order valence-corrected chi connectivity index (χ0v) is 23.4. The topological polar surface area (TPSA) is 114 Å². The molecule has 4 aromatic carbocycles. The molecule has 216 valence electrons. The second kappa shape index (κ2) is 15.0. The van der Waals surface area contributed by atoms with Crippen LogP contribution in [0, 0.1) is 0 Å². The summed E-state index contributed by atoms with van der Waals surface area (Å²) in [5.74, 6) is 0.110. The monoisotopic (exact) mass is 566 g/mol. The van der Waals surface area contributed by atoms with E-state index >= 15 is 0 Å². The van der Waals surface area contributed by atoms with E-state index in [-0.39, 0.29) is 18.1 Å². The number of amides is 1. The van der Waals surface area contributed by atoms with Crippen molar-refractivity contribution in [3.63, 3.8) is 0 Å². The molecule has 0 heterocycles. The van der Waals surface area contributed by atoms with E-state index in [4.69, 9.17) is 9.47 Å². The van der Waals surface area contributed by atoms with Crippen LogP contribution in [0.3, 0.4) is 0 Å². The van der Waals surface area contributed by atoms with E-state index in [1.54, 1.807) is 79.9 Å². The summed E-state index contributed by atoms with van der Waals surface area (Å²) in [6.45, 7) is 0.667. The lowest BCUT2D eigenvalue weighted by molar-refractivity contribution is -0.137. The Morgan fingerprint density at radius 2 is 1.55 bits per heavy atom. The number of ether oxygens (including phenoxy) is 2. The molecule has 42 heavy (non-hydrogen) atoms. The second-order valence-corrected chi connectivity index (χ2v) is 9.67. The van der Waals surface area contributed by atoms with Crippen LogP contribution >= 0.6 is 0 Å². The number of carboxylic acids is 1. The fourth-order valence-corrected chi connectivity index (χ4v) is 4.43. The smallest absolute Gasteiger partial charge is 0.326 e. The zero-order chi connectivity index (χ0) is 29.7. The van der Waals surface area contributed by atoms with Crippen molar-refractivity contribution in [3.8, 4) is 11.5 Å². The number of para-hydroxylation sites is 1. The largest absolute Gasteiger partial charge is 0.497 e. The Bertz CT molecular complexity index is 1490. The van der Waals surface area contributed by atoms with E-state index < -0.39 is 12.0 Å². The highest BCUT2D eigenvalue weighted by Crippen LogP contribution is 2.22. The molecule has 0 unspecified atom stereocenters. The lowest BCUT2D eigenvalue weighted by Crippen LogP contribution is -2.32. The fourth-order valence-electron chi connectivity index (χ4n) is 4.43. The van der Waals surface area contributed by atoms with Crippen LogP contribution in [0.1, 0.15) is 33.5 Å². The lowest BCUT2D eigenvalue weighted by atomic mass is 10.00. The number of carbonyl (C=O) groups excluding carboxylic acids is 2. The Morgan fingerprint density at radius 3 is 2.29 bits per heavy atom. The number of methoxy groups -OCH3 is 1. The molecule has 4 rings (SSSR count). The summed E-state index contributed by atoms with van der Waals surface area (Å²) in [6.07, 6.45) is 1.19. The molecule has 1 atom stereocenters. The number of aryl methyl sites for hydroxylation is 1. The normalized spacial score (nSPS) is 11.3. The summed E-state index contributed by atoms with van der Waals surface area (Å²) in [6, 6.07) is 29.6. The van der Waals surface area contributed by atoms with E-state index in [0.29, 0.717) is 48.6 Å². The van der Waals surface area contributed by atoms with Gasteiger partial charge in [-0.3, -0.25) is 9.59 Å². The van der Waals surface area contributed by atoms with Gasteiger partial charge in [0.05, 0.1) is 13.7 Å². The number of nitrogens with one attached hydrogen (secondary N) is 2. The van der Waals surface area contributed by atoms with Gasteiger partial charge >= 0.3 is 5.97 Å². The molecule has 3 N–H and O–H groups in total. The third kappa shape index (κ3) is 8.69. The number of rotatable bonds is 15. The maximum Gasteiger partial charge on any atom is 0.326 e. The first-order chi connectivity index (χ1) is 20.4. The Kier molecular flexibility index (Phi) is 10.7. The first-order valence-electron chi connectivity index (χ1n) is 13.7. The number of ketones is 1. The quantitative estimate of drug-likeness (QED) is 0.135. The van der Waals surface area contributed by atoms with Crippen molar-refractivity contribution in [2.75, 3.05) is 25.6 Å². The van der Waals surface area contributed by atoms with Crippen molar-refractivity contribution in [1.29, 1.82) is 0 Å². The van der Waals surface area contributed by atoms with Crippen molar-refractivity contribution >= 4 is 23.3 Å². The van der Waals surface area contributed by atoms with Gasteiger partial charge in [-0.2, -0.15) is 0 Å². The Morgan fingerprint density at radius 1 is 0.810 bits per heavy atom. The Hall–Kier alpha value is -5.11. The minimum absolute atomic E-state index is 0.0592. The molecular weight excluding hydrogens is 532 g/mol. The lowest BCUT2D eigenvalue weighted by Gasteiger charge is -2.18. The number of anilines is 1. The van der Waals surface area contributed by atoms with Crippen LogP contribution < -0.4 is 20.1 Å². The highest BCUT2D eigenvalue weighted by molar-refractivity contribution is 6.12. The van der Waals surface area contributed by atoms with E-state index in [1.807, 2.05) is 30.3 Å². The number of aliphatic carboxylic acids is 1. The highest BCUT2D eigenvalue weighted by Gasteiger charge is 2.21. The van der Waals surface area contributed by atoms with Crippen LogP contribution in [0.15, 0.2) is 103 Å². The van der Waals surface area contributed by atoms with E-state index in [1.165, 1.54) is 0 Å². The van der Waals surface area contributed by atoms with Crippen LogP contribution in [0.2, 0.25) is 0 Å². The van der Waals surface area contributed by atoms with E-state index in [9.17, 15) is 19.5 Å². The van der Waals surface area contributed by atoms with Gasteiger partial charge in [0, 0.05) is 29.7 Å². The zero-order valence-electron chi connectivity index (χ0n) is 23.4. The molecule has 0 radical (unpaired) electrons. The van der Waals surface area contributed by atoms with Gasteiger partial charge in [0.15, 0.2) is 5.78 Å². The number of hydrogen-bond donors (Lipinski definition) is 3. The third-order valence-corrected chi connectivity index (χ3v) is 6.67.